The summed E-state index contributed by atoms with van der Waals surface area (Å²) in [6.45, 7) is 1.82. The Bertz CT molecular complexity index is 388. The first-order chi connectivity index (χ1) is 7.88. The van der Waals surface area contributed by atoms with E-state index >= 15 is 0 Å². The molecule has 0 unspecified atom stereocenters. The molecule has 0 radical (unpaired) electrons. The van der Waals surface area contributed by atoms with Crippen molar-refractivity contribution < 1.29 is 0 Å². The van der Waals surface area contributed by atoms with Crippen LogP contribution in [0.15, 0.2) is 60.7 Å². The van der Waals surface area contributed by atoms with Crippen molar-refractivity contribution in [2.24, 2.45) is 0 Å². The van der Waals surface area contributed by atoms with Crippen molar-refractivity contribution in [3.63, 3.8) is 0 Å². The van der Waals surface area contributed by atoms with E-state index < -0.39 is 0 Å². The highest BCUT2D eigenvalue weighted by atomic mass is 14.2. The minimum absolute atomic E-state index is 0.625. The van der Waals surface area contributed by atoms with Crippen molar-refractivity contribution in [3.8, 4) is 17.2 Å². The van der Waals surface area contributed by atoms with E-state index in [-0.39, 0.29) is 0 Å². The van der Waals surface area contributed by atoms with Gasteiger partial charge in [-0.2, -0.15) is 5.26 Å². The highest BCUT2D eigenvalue weighted by Gasteiger charge is 1.91. The first-order valence-corrected chi connectivity index (χ1v) is 5.36. The van der Waals surface area contributed by atoms with Crippen molar-refractivity contribution >= 4 is 0 Å². The smallest absolute Gasteiger partial charge is 0.0618 e. The fraction of sp³-hybridized carbons (Fsp3) is 0.133. The van der Waals surface area contributed by atoms with Crippen LogP contribution in [0.5, 0.6) is 0 Å². The summed E-state index contributed by atoms with van der Waals surface area (Å²) >= 11 is 0. The molecule has 16 heavy (non-hydrogen) atoms. The monoisotopic (exact) mass is 209 g/mol. The molecule has 0 aliphatic carbocycles. The number of nitrogens with zero attached hydrogens (tertiary/aromatic N) is 1. The van der Waals surface area contributed by atoms with E-state index in [1.54, 1.807) is 0 Å². The number of benzene rings is 2. The molecule has 2 aromatic carbocycles. The summed E-state index contributed by atoms with van der Waals surface area (Å²) in [5.74, 6) is 0. The molecule has 0 spiro atoms. The second-order valence-electron chi connectivity index (χ2n) is 3.24. The maximum absolute atomic E-state index is 7.62. The normalized spacial score (nSPS) is 8.50. The average Bonchev–Trinajstić information content (AvgIpc) is 2.41. The second-order valence-corrected chi connectivity index (χ2v) is 3.24. The summed E-state index contributed by atoms with van der Waals surface area (Å²) in [5, 5.41) is 7.62. The minimum Gasteiger partial charge on any atom is -0.198 e. The van der Waals surface area contributed by atoms with E-state index in [0.717, 1.165) is 0 Å². The molecule has 0 saturated heterocycles. The van der Waals surface area contributed by atoms with E-state index in [2.05, 4.69) is 48.5 Å². The van der Waals surface area contributed by atoms with Crippen molar-refractivity contribution in [2.45, 2.75) is 13.3 Å². The van der Waals surface area contributed by atoms with Gasteiger partial charge in [-0.15, -0.1) is 0 Å². The Morgan fingerprint density at radius 3 is 1.38 bits per heavy atom. The van der Waals surface area contributed by atoms with Crippen LogP contribution in [-0.2, 0) is 0 Å². The third-order valence-electron chi connectivity index (χ3n) is 2.04. The van der Waals surface area contributed by atoms with Crippen LogP contribution < -0.4 is 0 Å². The standard InChI is InChI=1S/C12H10.C3H5N/c1-3-7-11(8-4-1)12-9-5-2-6-10-12;1-2-3-4/h1-10H;2H2,1H3. The lowest BCUT2D eigenvalue weighted by molar-refractivity contribution is 1.22. The van der Waals surface area contributed by atoms with Gasteiger partial charge in [0.05, 0.1) is 6.07 Å². The molecule has 0 N–H and O–H groups in total. The Hall–Kier alpha value is -2.07. The number of rotatable bonds is 1. The number of nitriles is 1. The van der Waals surface area contributed by atoms with Gasteiger partial charge >= 0.3 is 0 Å². The molecule has 0 bridgehead atoms. The summed E-state index contributed by atoms with van der Waals surface area (Å²) in [5.41, 5.74) is 2.55. The molecule has 1 heteroatoms. The van der Waals surface area contributed by atoms with Crippen LogP contribution in [0.3, 0.4) is 0 Å². The molecule has 0 amide bonds. The van der Waals surface area contributed by atoms with Crippen LogP contribution in [0.4, 0.5) is 0 Å². The van der Waals surface area contributed by atoms with Gasteiger partial charge < -0.3 is 0 Å². The van der Waals surface area contributed by atoms with Crippen LogP contribution in [0.2, 0.25) is 0 Å². The van der Waals surface area contributed by atoms with Gasteiger partial charge in [-0.3, -0.25) is 0 Å². The molecular formula is C15H15N. The number of hydrogen-bond donors (Lipinski definition) is 0. The quantitative estimate of drug-likeness (QED) is 0.688. The third kappa shape index (κ3) is 3.98. The molecule has 0 aliphatic heterocycles. The maximum atomic E-state index is 7.62. The molecule has 1 nitrogen and oxygen atoms in total. The summed E-state index contributed by atoms with van der Waals surface area (Å²) in [6, 6.07) is 22.7. The molecule has 0 fully saturated rings. The van der Waals surface area contributed by atoms with Crippen molar-refractivity contribution in [1.29, 1.82) is 5.26 Å². The Kier molecular flexibility index (Phi) is 5.44. The SMILES string of the molecule is CCC#N.c1ccc(-c2ccccc2)cc1. The highest BCUT2D eigenvalue weighted by Crippen LogP contribution is 2.17. The predicted octanol–water partition coefficient (Wildman–Crippen LogP) is 4.27. The minimum atomic E-state index is 0.625. The third-order valence-corrected chi connectivity index (χ3v) is 2.04. The van der Waals surface area contributed by atoms with E-state index in [1.165, 1.54) is 11.1 Å². The van der Waals surface area contributed by atoms with Gasteiger partial charge in [0.2, 0.25) is 0 Å². The molecule has 0 atom stereocenters. The van der Waals surface area contributed by atoms with Crippen LogP contribution in [-0.4, -0.2) is 0 Å². The van der Waals surface area contributed by atoms with E-state index in [9.17, 15) is 0 Å². The first-order valence-electron chi connectivity index (χ1n) is 5.36. The summed E-state index contributed by atoms with van der Waals surface area (Å²) in [4.78, 5) is 0. The molecule has 80 valence electrons. The van der Waals surface area contributed by atoms with Gasteiger partial charge in [-0.25, -0.2) is 0 Å². The molecule has 0 aliphatic rings. The topological polar surface area (TPSA) is 23.8 Å². The lowest BCUT2D eigenvalue weighted by Crippen LogP contribution is -1.73. The second kappa shape index (κ2) is 7.25. The zero-order valence-electron chi connectivity index (χ0n) is 9.43. The van der Waals surface area contributed by atoms with Crippen LogP contribution >= 0.6 is 0 Å². The van der Waals surface area contributed by atoms with E-state index in [4.69, 9.17) is 5.26 Å². The van der Waals surface area contributed by atoms with E-state index in [0.29, 0.717) is 6.42 Å². The Morgan fingerprint density at radius 2 is 1.12 bits per heavy atom. The van der Waals surface area contributed by atoms with Crippen molar-refractivity contribution in [3.05, 3.63) is 60.7 Å². The molecule has 0 aromatic heterocycles. The average molecular weight is 209 g/mol. The van der Waals surface area contributed by atoms with E-state index in [1.807, 2.05) is 25.1 Å². The maximum Gasteiger partial charge on any atom is 0.0618 e. The van der Waals surface area contributed by atoms with Crippen molar-refractivity contribution in [1.82, 2.24) is 0 Å². The summed E-state index contributed by atoms with van der Waals surface area (Å²) in [6.07, 6.45) is 0.625. The summed E-state index contributed by atoms with van der Waals surface area (Å²) < 4.78 is 0. The van der Waals surface area contributed by atoms with Gasteiger partial charge in [0, 0.05) is 6.42 Å². The Balaban J connectivity index is 0.000000280. The zero-order chi connectivity index (χ0) is 11.6. The molecule has 2 rings (SSSR count). The molecule has 0 saturated carbocycles. The largest absolute Gasteiger partial charge is 0.198 e. The molecular weight excluding hydrogens is 194 g/mol. The number of hydrogen-bond acceptors (Lipinski definition) is 1. The Morgan fingerprint density at radius 1 is 0.812 bits per heavy atom. The fourth-order valence-corrected chi connectivity index (χ4v) is 1.26. The van der Waals surface area contributed by atoms with Gasteiger partial charge in [-0.05, 0) is 11.1 Å². The Labute approximate surface area is 97.0 Å². The molecule has 0 heterocycles. The van der Waals surface area contributed by atoms with Crippen LogP contribution in [0, 0.1) is 11.3 Å². The van der Waals surface area contributed by atoms with Gasteiger partial charge in [0.15, 0.2) is 0 Å². The highest BCUT2D eigenvalue weighted by molar-refractivity contribution is 5.62. The van der Waals surface area contributed by atoms with Crippen molar-refractivity contribution in [2.75, 3.05) is 0 Å². The van der Waals surface area contributed by atoms with Crippen LogP contribution in [0.1, 0.15) is 13.3 Å². The van der Waals surface area contributed by atoms with Gasteiger partial charge in [-0.1, -0.05) is 67.6 Å². The fourth-order valence-electron chi connectivity index (χ4n) is 1.26. The lowest BCUT2D eigenvalue weighted by atomic mass is 10.1. The molecule has 2 aromatic rings. The first kappa shape index (κ1) is 12.0. The predicted molar refractivity (Wildman–Crippen MR) is 67.8 cm³/mol. The van der Waals surface area contributed by atoms with Gasteiger partial charge in [0.25, 0.3) is 0 Å². The lowest BCUT2D eigenvalue weighted by Gasteiger charge is -1.98. The van der Waals surface area contributed by atoms with Gasteiger partial charge in [0.1, 0.15) is 0 Å². The van der Waals surface area contributed by atoms with Crippen LogP contribution in [0.25, 0.3) is 11.1 Å². The summed E-state index contributed by atoms with van der Waals surface area (Å²) in [7, 11) is 0. The zero-order valence-corrected chi connectivity index (χ0v) is 9.43.